The van der Waals surface area contributed by atoms with Gasteiger partial charge in [-0.3, -0.25) is 9.59 Å². The van der Waals surface area contributed by atoms with Crippen molar-refractivity contribution in [2.75, 3.05) is 16.8 Å². The highest BCUT2D eigenvalue weighted by Crippen LogP contribution is 2.29. The number of halogens is 2. The minimum Gasteiger partial charge on any atom is -0.441 e. The molecule has 0 aliphatic carbocycles. The van der Waals surface area contributed by atoms with E-state index in [0.717, 1.165) is 12.0 Å². The van der Waals surface area contributed by atoms with Crippen LogP contribution in [0.3, 0.4) is 0 Å². The quantitative estimate of drug-likeness (QED) is 0.611. The Hall–Kier alpha value is -3.19. The molecule has 2 aromatic carbocycles. The summed E-state index contributed by atoms with van der Waals surface area (Å²) < 4.78 is 20.1. The number of aryl methyl sites for hydroxylation is 1. The molecule has 1 saturated heterocycles. The zero-order valence-electron chi connectivity index (χ0n) is 16.0. The second kappa shape index (κ2) is 8.67. The minimum absolute atomic E-state index is 0.0900. The molecule has 1 N–H and O–H groups in total. The van der Waals surface area contributed by atoms with Gasteiger partial charge < -0.3 is 14.6 Å². The molecule has 0 bridgehead atoms. The number of amides is 2. The van der Waals surface area contributed by atoms with Crippen LogP contribution in [-0.4, -0.2) is 23.3 Å². The molecular weight excluding hydrogens is 409 g/mol. The van der Waals surface area contributed by atoms with Gasteiger partial charge in [-0.15, -0.1) is 0 Å². The first-order chi connectivity index (χ1) is 14.5. The van der Waals surface area contributed by atoms with E-state index in [1.54, 1.807) is 18.3 Å². The Labute approximate surface area is 177 Å². The summed E-state index contributed by atoms with van der Waals surface area (Å²) in [6.45, 7) is 0.508. The third-order valence-electron chi connectivity index (χ3n) is 4.85. The molecule has 6 nitrogen and oxygen atoms in total. The normalized spacial score (nSPS) is 13.7. The predicted molar refractivity (Wildman–Crippen MR) is 112 cm³/mol. The second-order valence-corrected chi connectivity index (χ2v) is 7.37. The first-order valence-corrected chi connectivity index (χ1v) is 9.98. The van der Waals surface area contributed by atoms with Gasteiger partial charge in [-0.25, -0.2) is 9.37 Å². The summed E-state index contributed by atoms with van der Waals surface area (Å²) in [5, 5.41) is 3.21. The summed E-state index contributed by atoms with van der Waals surface area (Å²) in [5.41, 5.74) is 1.30. The Morgan fingerprint density at radius 1 is 1.27 bits per heavy atom. The molecule has 0 spiro atoms. The van der Waals surface area contributed by atoms with Crippen molar-refractivity contribution in [3.8, 4) is 11.3 Å². The zero-order chi connectivity index (χ0) is 21.1. The third-order valence-corrected chi connectivity index (χ3v) is 5.18. The van der Waals surface area contributed by atoms with Crippen molar-refractivity contribution >= 4 is 34.8 Å². The van der Waals surface area contributed by atoms with Crippen LogP contribution in [0.15, 0.2) is 53.1 Å². The van der Waals surface area contributed by atoms with Gasteiger partial charge >= 0.3 is 0 Å². The van der Waals surface area contributed by atoms with Gasteiger partial charge in [-0.1, -0.05) is 23.7 Å². The molecule has 1 aliphatic rings. The van der Waals surface area contributed by atoms with E-state index in [4.69, 9.17) is 16.0 Å². The number of carbonyl (C=O) groups is 2. The van der Waals surface area contributed by atoms with Crippen molar-refractivity contribution in [1.82, 2.24) is 4.98 Å². The first kappa shape index (κ1) is 20.1. The standard InChI is InChI=1S/C22H19ClFN3O3/c23-16-5-2-1-4-15(16)19-13-25-21(30-19)10-9-20(28)26-14-7-8-18(17(24)12-14)27-11-3-6-22(27)29/h1-2,4-5,7-8,12-13H,3,6,9-11H2,(H,26,28). The largest absolute Gasteiger partial charge is 0.441 e. The average molecular weight is 428 g/mol. The maximum Gasteiger partial charge on any atom is 0.227 e. The summed E-state index contributed by atoms with van der Waals surface area (Å²) in [5.74, 6) is 0.0177. The van der Waals surface area contributed by atoms with Gasteiger partial charge in [0.15, 0.2) is 11.7 Å². The third kappa shape index (κ3) is 4.36. The summed E-state index contributed by atoms with van der Waals surface area (Å²) in [6.07, 6.45) is 3.13. The maximum absolute atomic E-state index is 14.4. The molecule has 0 unspecified atom stereocenters. The molecule has 8 heteroatoms. The molecular formula is C22H19ClFN3O3. The lowest BCUT2D eigenvalue weighted by Crippen LogP contribution is -2.24. The van der Waals surface area contributed by atoms with Crippen LogP contribution in [-0.2, 0) is 16.0 Å². The molecule has 0 saturated carbocycles. The molecule has 1 aromatic heterocycles. The van der Waals surface area contributed by atoms with Crippen molar-refractivity contribution in [1.29, 1.82) is 0 Å². The van der Waals surface area contributed by atoms with Crippen LogP contribution < -0.4 is 10.2 Å². The fourth-order valence-electron chi connectivity index (χ4n) is 3.36. The number of aromatic nitrogens is 1. The lowest BCUT2D eigenvalue weighted by Gasteiger charge is -2.17. The van der Waals surface area contributed by atoms with E-state index in [2.05, 4.69) is 10.3 Å². The molecule has 154 valence electrons. The summed E-state index contributed by atoms with van der Waals surface area (Å²) in [7, 11) is 0. The number of benzene rings is 2. The van der Waals surface area contributed by atoms with E-state index < -0.39 is 5.82 Å². The Balaban J connectivity index is 1.35. The van der Waals surface area contributed by atoms with Crippen molar-refractivity contribution in [2.24, 2.45) is 0 Å². The average Bonchev–Trinajstić information content (AvgIpc) is 3.36. The summed E-state index contributed by atoms with van der Waals surface area (Å²) in [4.78, 5) is 29.6. The van der Waals surface area contributed by atoms with Crippen molar-refractivity contribution < 1.29 is 18.4 Å². The molecule has 4 rings (SSSR count). The van der Waals surface area contributed by atoms with Gasteiger partial charge in [0.05, 0.1) is 16.9 Å². The van der Waals surface area contributed by atoms with Crippen LogP contribution in [0.25, 0.3) is 11.3 Å². The summed E-state index contributed by atoms with van der Waals surface area (Å²) in [6, 6.07) is 11.6. The smallest absolute Gasteiger partial charge is 0.227 e. The second-order valence-electron chi connectivity index (χ2n) is 6.96. The highest BCUT2D eigenvalue weighted by atomic mass is 35.5. The highest BCUT2D eigenvalue weighted by molar-refractivity contribution is 6.33. The van der Waals surface area contributed by atoms with Crippen LogP contribution in [0.2, 0.25) is 5.02 Å². The minimum atomic E-state index is -0.542. The first-order valence-electron chi connectivity index (χ1n) is 9.60. The Morgan fingerprint density at radius 3 is 2.83 bits per heavy atom. The highest BCUT2D eigenvalue weighted by Gasteiger charge is 2.24. The number of nitrogens with zero attached hydrogens (tertiary/aromatic N) is 2. The van der Waals surface area contributed by atoms with E-state index in [1.165, 1.54) is 17.0 Å². The zero-order valence-corrected chi connectivity index (χ0v) is 16.8. The van der Waals surface area contributed by atoms with Crippen LogP contribution >= 0.6 is 11.6 Å². The van der Waals surface area contributed by atoms with Crippen LogP contribution in [0.1, 0.15) is 25.2 Å². The van der Waals surface area contributed by atoms with E-state index in [1.807, 2.05) is 18.2 Å². The van der Waals surface area contributed by atoms with Crippen LogP contribution in [0.5, 0.6) is 0 Å². The van der Waals surface area contributed by atoms with Gasteiger partial charge in [-0.05, 0) is 36.8 Å². The fourth-order valence-corrected chi connectivity index (χ4v) is 3.59. The van der Waals surface area contributed by atoms with Crippen LogP contribution in [0, 0.1) is 5.82 Å². The Morgan fingerprint density at radius 2 is 2.10 bits per heavy atom. The molecule has 2 heterocycles. The number of carbonyl (C=O) groups excluding carboxylic acids is 2. The molecule has 0 atom stereocenters. The lowest BCUT2D eigenvalue weighted by atomic mass is 10.2. The molecule has 1 aliphatic heterocycles. The predicted octanol–water partition coefficient (Wildman–Crippen LogP) is 4.83. The van der Waals surface area contributed by atoms with Gasteiger partial charge in [0.25, 0.3) is 0 Å². The molecule has 0 radical (unpaired) electrons. The fraction of sp³-hybridized carbons (Fsp3) is 0.227. The Bertz CT molecular complexity index is 1100. The monoisotopic (exact) mass is 427 g/mol. The van der Waals surface area contributed by atoms with E-state index in [0.29, 0.717) is 41.7 Å². The summed E-state index contributed by atoms with van der Waals surface area (Å²) >= 11 is 6.15. The van der Waals surface area contributed by atoms with Gasteiger partial charge in [0.1, 0.15) is 5.82 Å². The van der Waals surface area contributed by atoms with Crippen molar-refractivity contribution in [3.63, 3.8) is 0 Å². The van der Waals surface area contributed by atoms with E-state index in [-0.39, 0.29) is 23.9 Å². The van der Waals surface area contributed by atoms with Crippen molar-refractivity contribution in [2.45, 2.75) is 25.7 Å². The van der Waals surface area contributed by atoms with E-state index >= 15 is 0 Å². The molecule has 2 amide bonds. The SMILES string of the molecule is O=C(CCc1ncc(-c2ccccc2Cl)o1)Nc1ccc(N2CCCC2=O)c(F)c1. The molecule has 1 fully saturated rings. The molecule has 3 aromatic rings. The topological polar surface area (TPSA) is 75.4 Å². The van der Waals surface area contributed by atoms with Gasteiger partial charge in [0, 0.05) is 37.1 Å². The molecule has 30 heavy (non-hydrogen) atoms. The van der Waals surface area contributed by atoms with Crippen LogP contribution in [0.4, 0.5) is 15.8 Å². The number of hydrogen-bond donors (Lipinski definition) is 1. The number of hydrogen-bond acceptors (Lipinski definition) is 4. The maximum atomic E-state index is 14.4. The lowest BCUT2D eigenvalue weighted by molar-refractivity contribution is -0.117. The number of nitrogens with one attached hydrogen (secondary N) is 1. The van der Waals surface area contributed by atoms with Gasteiger partial charge in [-0.2, -0.15) is 0 Å². The number of oxazole rings is 1. The van der Waals surface area contributed by atoms with Gasteiger partial charge in [0.2, 0.25) is 11.8 Å². The number of rotatable bonds is 6. The number of anilines is 2. The Kier molecular flexibility index (Phi) is 5.81. The van der Waals surface area contributed by atoms with E-state index in [9.17, 15) is 14.0 Å². The van der Waals surface area contributed by atoms with Crippen molar-refractivity contribution in [3.05, 3.63) is 65.4 Å².